The minimum Gasteiger partial charge on any atom is -0.343 e. The van der Waals surface area contributed by atoms with Gasteiger partial charge in [-0.2, -0.15) is 13.2 Å². The molecule has 0 saturated heterocycles. The van der Waals surface area contributed by atoms with E-state index in [1.54, 1.807) is 0 Å². The zero-order valence-corrected chi connectivity index (χ0v) is 8.24. The Hall–Kier alpha value is -0.740. The number of alkyl halides is 3. The van der Waals surface area contributed by atoms with Crippen LogP contribution < -0.4 is 5.32 Å². The van der Waals surface area contributed by atoms with E-state index in [4.69, 9.17) is 0 Å². The van der Waals surface area contributed by atoms with E-state index in [9.17, 15) is 18.0 Å². The molecule has 1 aliphatic rings. The van der Waals surface area contributed by atoms with Crippen LogP contribution >= 0.6 is 0 Å². The maximum Gasteiger partial charge on any atom is 0.471 e. The first kappa shape index (κ1) is 11.3. The highest BCUT2D eigenvalue weighted by Gasteiger charge is 2.47. The van der Waals surface area contributed by atoms with E-state index in [2.05, 4.69) is 5.32 Å². The Morgan fingerprint density at radius 2 is 1.86 bits per heavy atom. The second kappa shape index (κ2) is 3.44. The second-order valence-electron chi connectivity index (χ2n) is 4.12. The highest BCUT2D eigenvalue weighted by Crippen LogP contribution is 2.38. The zero-order chi connectivity index (χ0) is 11.0. The van der Waals surface area contributed by atoms with Crippen molar-refractivity contribution >= 4 is 5.91 Å². The normalized spacial score (nSPS) is 20.4. The number of carbonyl (C=O) groups excluding carboxylic acids is 1. The van der Waals surface area contributed by atoms with Crippen LogP contribution in [0.1, 0.15) is 33.1 Å². The Kier molecular flexibility index (Phi) is 2.78. The van der Waals surface area contributed by atoms with Crippen LogP contribution in [-0.2, 0) is 4.79 Å². The molecule has 0 bridgehead atoms. The molecule has 0 radical (unpaired) electrons. The maximum absolute atomic E-state index is 12.0. The van der Waals surface area contributed by atoms with Gasteiger partial charge in [-0.05, 0) is 25.2 Å². The molecule has 0 aliphatic heterocycles. The van der Waals surface area contributed by atoms with Gasteiger partial charge in [-0.25, -0.2) is 0 Å². The predicted molar refractivity (Wildman–Crippen MR) is 45.6 cm³/mol. The van der Waals surface area contributed by atoms with Gasteiger partial charge in [0.1, 0.15) is 0 Å². The van der Waals surface area contributed by atoms with Crippen LogP contribution in [0, 0.1) is 5.92 Å². The molecule has 0 atom stereocenters. The van der Waals surface area contributed by atoms with Gasteiger partial charge in [-0.3, -0.25) is 4.79 Å². The summed E-state index contributed by atoms with van der Waals surface area (Å²) in [5.74, 6) is -1.77. The van der Waals surface area contributed by atoms with Crippen molar-refractivity contribution < 1.29 is 18.0 Å². The monoisotopic (exact) mass is 209 g/mol. The molecule has 2 nitrogen and oxygen atoms in total. The van der Waals surface area contributed by atoms with Crippen molar-refractivity contribution in [1.82, 2.24) is 5.32 Å². The lowest BCUT2D eigenvalue weighted by Crippen LogP contribution is -2.59. The summed E-state index contributed by atoms with van der Waals surface area (Å²) in [6.07, 6.45) is -2.59. The molecule has 0 aromatic carbocycles. The maximum atomic E-state index is 12.0. The Balaban J connectivity index is 2.62. The Labute approximate surface area is 80.9 Å². The fourth-order valence-corrected chi connectivity index (χ4v) is 1.70. The molecule has 1 fully saturated rings. The van der Waals surface area contributed by atoms with Gasteiger partial charge >= 0.3 is 12.1 Å². The average Bonchev–Trinajstić information content (AvgIpc) is 1.93. The van der Waals surface area contributed by atoms with E-state index in [1.807, 2.05) is 13.8 Å². The lowest BCUT2D eigenvalue weighted by atomic mass is 9.69. The lowest BCUT2D eigenvalue weighted by Gasteiger charge is -2.46. The number of hydrogen-bond donors (Lipinski definition) is 1. The molecule has 0 heterocycles. The van der Waals surface area contributed by atoms with Crippen LogP contribution in [-0.4, -0.2) is 17.6 Å². The van der Waals surface area contributed by atoms with Crippen molar-refractivity contribution in [3.8, 4) is 0 Å². The predicted octanol–water partition coefficient (Wildman–Crippen LogP) is 2.24. The molecule has 1 amide bonds. The number of halogens is 3. The number of hydrogen-bond acceptors (Lipinski definition) is 1. The molecule has 1 N–H and O–H groups in total. The fourth-order valence-electron chi connectivity index (χ4n) is 1.70. The topological polar surface area (TPSA) is 29.1 Å². The number of amides is 1. The zero-order valence-electron chi connectivity index (χ0n) is 8.24. The molecular weight excluding hydrogens is 195 g/mol. The van der Waals surface area contributed by atoms with Crippen molar-refractivity contribution in [2.45, 2.75) is 44.8 Å². The Morgan fingerprint density at radius 1 is 1.36 bits per heavy atom. The van der Waals surface area contributed by atoms with Gasteiger partial charge in [0.15, 0.2) is 0 Å². The quantitative estimate of drug-likeness (QED) is 0.742. The summed E-state index contributed by atoms with van der Waals surface area (Å²) < 4.78 is 36.0. The summed E-state index contributed by atoms with van der Waals surface area (Å²) in [5.41, 5.74) is -0.618. The van der Waals surface area contributed by atoms with Gasteiger partial charge < -0.3 is 5.32 Å². The third-order valence-corrected chi connectivity index (χ3v) is 2.97. The summed E-state index contributed by atoms with van der Waals surface area (Å²) in [5, 5.41) is 2.11. The summed E-state index contributed by atoms with van der Waals surface area (Å²) in [6, 6.07) is 0. The van der Waals surface area contributed by atoms with Crippen LogP contribution in [0.5, 0.6) is 0 Å². The largest absolute Gasteiger partial charge is 0.471 e. The van der Waals surface area contributed by atoms with E-state index in [-0.39, 0.29) is 5.92 Å². The lowest BCUT2D eigenvalue weighted by molar-refractivity contribution is -0.177. The Morgan fingerprint density at radius 3 is 2.07 bits per heavy atom. The van der Waals surface area contributed by atoms with Crippen molar-refractivity contribution in [2.75, 3.05) is 0 Å². The van der Waals surface area contributed by atoms with Crippen LogP contribution in [0.3, 0.4) is 0 Å². The van der Waals surface area contributed by atoms with Gasteiger partial charge in [-0.1, -0.05) is 13.8 Å². The first-order chi connectivity index (χ1) is 6.28. The fraction of sp³-hybridized carbons (Fsp3) is 0.889. The van der Waals surface area contributed by atoms with Crippen LogP contribution in [0.2, 0.25) is 0 Å². The molecule has 1 aliphatic carbocycles. The minimum absolute atomic E-state index is 0.0440. The molecule has 5 heteroatoms. The third-order valence-electron chi connectivity index (χ3n) is 2.97. The second-order valence-corrected chi connectivity index (χ2v) is 4.12. The van der Waals surface area contributed by atoms with Crippen LogP contribution in [0.15, 0.2) is 0 Å². The SMILES string of the molecule is CC(C)C1(NC(=O)C(F)(F)F)CCC1. The molecule has 0 aromatic heterocycles. The van der Waals surface area contributed by atoms with Crippen molar-refractivity contribution in [3.05, 3.63) is 0 Å². The third kappa shape index (κ3) is 2.01. The van der Waals surface area contributed by atoms with Gasteiger partial charge in [0.25, 0.3) is 0 Å². The summed E-state index contributed by atoms with van der Waals surface area (Å²) in [7, 11) is 0. The molecule has 0 spiro atoms. The summed E-state index contributed by atoms with van der Waals surface area (Å²) >= 11 is 0. The van der Waals surface area contributed by atoms with Gasteiger partial charge in [-0.15, -0.1) is 0 Å². The van der Waals surface area contributed by atoms with Crippen LogP contribution in [0.4, 0.5) is 13.2 Å². The highest BCUT2D eigenvalue weighted by molar-refractivity contribution is 5.82. The van der Waals surface area contributed by atoms with E-state index >= 15 is 0 Å². The number of nitrogens with one attached hydrogen (secondary N) is 1. The molecular formula is C9H14F3NO. The van der Waals surface area contributed by atoms with Crippen molar-refractivity contribution in [1.29, 1.82) is 0 Å². The summed E-state index contributed by atoms with van der Waals surface area (Å²) in [4.78, 5) is 10.7. The van der Waals surface area contributed by atoms with E-state index in [0.29, 0.717) is 12.8 Å². The Bertz CT molecular complexity index is 231. The van der Waals surface area contributed by atoms with E-state index in [0.717, 1.165) is 6.42 Å². The minimum atomic E-state index is -4.77. The average molecular weight is 209 g/mol. The van der Waals surface area contributed by atoms with Crippen molar-refractivity contribution in [3.63, 3.8) is 0 Å². The molecule has 0 aromatic rings. The highest BCUT2D eigenvalue weighted by atomic mass is 19.4. The van der Waals surface area contributed by atoms with Gasteiger partial charge in [0.05, 0.1) is 0 Å². The molecule has 1 rings (SSSR count). The number of carbonyl (C=O) groups is 1. The first-order valence-electron chi connectivity index (χ1n) is 4.67. The standard InChI is InChI=1S/C9H14F3NO/c1-6(2)8(4-3-5-8)13-7(14)9(10,11)12/h6H,3-5H2,1-2H3,(H,13,14). The first-order valence-corrected chi connectivity index (χ1v) is 4.67. The smallest absolute Gasteiger partial charge is 0.343 e. The van der Waals surface area contributed by atoms with Crippen molar-refractivity contribution in [2.24, 2.45) is 5.92 Å². The van der Waals surface area contributed by atoms with E-state index in [1.165, 1.54) is 0 Å². The summed E-state index contributed by atoms with van der Waals surface area (Å²) in [6.45, 7) is 3.66. The van der Waals surface area contributed by atoms with Gasteiger partial charge in [0.2, 0.25) is 0 Å². The molecule has 82 valence electrons. The van der Waals surface area contributed by atoms with E-state index < -0.39 is 17.6 Å². The van der Waals surface area contributed by atoms with Gasteiger partial charge in [0, 0.05) is 5.54 Å². The number of rotatable bonds is 2. The molecule has 14 heavy (non-hydrogen) atoms. The molecule has 1 saturated carbocycles. The molecule has 0 unspecified atom stereocenters. The van der Waals surface area contributed by atoms with Crippen LogP contribution in [0.25, 0.3) is 0 Å².